The Hall–Kier alpha value is -3.20. The number of hydrogen-bond acceptors (Lipinski definition) is 5. The summed E-state index contributed by atoms with van der Waals surface area (Å²) >= 11 is 6.12. The number of sulfonamides is 1. The first-order chi connectivity index (χ1) is 15.9. The molecular weight excluding hydrogens is 462 g/mol. The van der Waals surface area contributed by atoms with Gasteiger partial charge in [0.25, 0.3) is 5.91 Å². The highest BCUT2D eigenvalue weighted by Gasteiger charge is 2.32. The lowest BCUT2D eigenvalue weighted by atomic mass is 10.1. The van der Waals surface area contributed by atoms with Gasteiger partial charge in [-0.1, -0.05) is 41.9 Å². The molecule has 0 saturated carbocycles. The predicted molar refractivity (Wildman–Crippen MR) is 126 cm³/mol. The molecule has 3 heterocycles. The minimum absolute atomic E-state index is 0.0784. The van der Waals surface area contributed by atoms with Crippen LogP contribution in [-0.2, 0) is 10.0 Å². The smallest absolute Gasteiger partial charge is 0.254 e. The Morgan fingerprint density at radius 1 is 0.939 bits per heavy atom. The molecule has 2 aromatic carbocycles. The van der Waals surface area contributed by atoms with Gasteiger partial charge in [-0.2, -0.15) is 4.31 Å². The maximum absolute atomic E-state index is 13.5. The molecule has 33 heavy (non-hydrogen) atoms. The molecular formula is C24H20ClN3O4S. The van der Waals surface area contributed by atoms with Crippen molar-refractivity contribution in [3.05, 3.63) is 83.6 Å². The largest absolute Gasteiger partial charge is 0.463 e. The van der Waals surface area contributed by atoms with Crippen molar-refractivity contribution < 1.29 is 17.6 Å². The molecule has 2 aromatic heterocycles. The molecule has 0 aliphatic carbocycles. The Labute approximate surface area is 196 Å². The summed E-state index contributed by atoms with van der Waals surface area (Å²) in [7, 11) is -3.74. The van der Waals surface area contributed by atoms with E-state index in [0.717, 1.165) is 5.39 Å². The predicted octanol–water partition coefficient (Wildman–Crippen LogP) is 4.29. The molecule has 1 fully saturated rings. The summed E-state index contributed by atoms with van der Waals surface area (Å²) in [5, 5.41) is 0.925. The first-order valence-electron chi connectivity index (χ1n) is 10.4. The molecule has 5 rings (SSSR count). The van der Waals surface area contributed by atoms with Crippen LogP contribution in [0.1, 0.15) is 10.4 Å². The molecule has 0 unspecified atom stereocenters. The zero-order valence-corrected chi connectivity index (χ0v) is 19.1. The number of amides is 1. The van der Waals surface area contributed by atoms with Crippen molar-refractivity contribution in [1.29, 1.82) is 0 Å². The average Bonchev–Trinajstić information content (AvgIpc) is 3.38. The number of fused-ring (bicyclic) bond motifs is 1. The van der Waals surface area contributed by atoms with Crippen LogP contribution in [-0.4, -0.2) is 54.7 Å². The van der Waals surface area contributed by atoms with Gasteiger partial charge in [0.1, 0.15) is 10.6 Å². The third-order valence-electron chi connectivity index (χ3n) is 5.70. The topological polar surface area (TPSA) is 83.7 Å². The van der Waals surface area contributed by atoms with Crippen molar-refractivity contribution in [2.45, 2.75) is 4.90 Å². The van der Waals surface area contributed by atoms with E-state index in [2.05, 4.69) is 4.98 Å². The van der Waals surface area contributed by atoms with Gasteiger partial charge in [0, 0.05) is 31.6 Å². The first-order valence-corrected chi connectivity index (χ1v) is 12.2. The number of rotatable bonds is 4. The molecule has 0 atom stereocenters. The Morgan fingerprint density at radius 3 is 2.39 bits per heavy atom. The van der Waals surface area contributed by atoms with Gasteiger partial charge in [0.2, 0.25) is 10.0 Å². The van der Waals surface area contributed by atoms with Crippen LogP contribution in [0, 0.1) is 0 Å². The number of furan rings is 1. The molecule has 0 spiro atoms. The van der Waals surface area contributed by atoms with Crippen LogP contribution in [0.5, 0.6) is 0 Å². The van der Waals surface area contributed by atoms with Gasteiger partial charge in [0.05, 0.1) is 22.4 Å². The number of pyridine rings is 1. The fraction of sp³-hybridized carbons (Fsp3) is 0.167. The normalized spacial score (nSPS) is 15.1. The lowest BCUT2D eigenvalue weighted by molar-refractivity contribution is 0.0700. The summed E-state index contributed by atoms with van der Waals surface area (Å²) in [5.41, 5.74) is 1.77. The maximum atomic E-state index is 13.5. The molecule has 0 bridgehead atoms. The van der Waals surface area contributed by atoms with Crippen LogP contribution >= 0.6 is 11.6 Å². The van der Waals surface area contributed by atoms with E-state index >= 15 is 0 Å². The molecule has 1 aliphatic heterocycles. The summed E-state index contributed by atoms with van der Waals surface area (Å²) in [6.07, 6.45) is 1.56. The third-order valence-corrected chi connectivity index (χ3v) is 8.10. The molecule has 1 aliphatic rings. The van der Waals surface area contributed by atoms with E-state index in [1.165, 1.54) is 10.4 Å². The van der Waals surface area contributed by atoms with Gasteiger partial charge in [-0.3, -0.25) is 4.79 Å². The lowest BCUT2D eigenvalue weighted by Crippen LogP contribution is -2.50. The Morgan fingerprint density at radius 2 is 1.67 bits per heavy atom. The van der Waals surface area contributed by atoms with Crippen molar-refractivity contribution >= 4 is 38.4 Å². The van der Waals surface area contributed by atoms with Gasteiger partial charge in [-0.05, 0) is 36.4 Å². The zero-order chi connectivity index (χ0) is 23.0. The van der Waals surface area contributed by atoms with Crippen molar-refractivity contribution in [2.24, 2.45) is 0 Å². The minimum atomic E-state index is -3.74. The first kappa shape index (κ1) is 21.6. The Bertz CT molecular complexity index is 1430. The number of para-hydroxylation sites is 1. The number of nitrogens with zero attached hydrogens (tertiary/aromatic N) is 3. The Balaban J connectivity index is 1.41. The van der Waals surface area contributed by atoms with Gasteiger partial charge >= 0.3 is 0 Å². The fourth-order valence-corrected chi connectivity index (χ4v) is 5.91. The summed E-state index contributed by atoms with van der Waals surface area (Å²) in [5.74, 6) is 0.404. The highest BCUT2D eigenvalue weighted by atomic mass is 35.5. The van der Waals surface area contributed by atoms with E-state index in [9.17, 15) is 13.2 Å². The minimum Gasteiger partial charge on any atom is -0.463 e. The zero-order valence-electron chi connectivity index (χ0n) is 17.5. The van der Waals surface area contributed by atoms with Crippen molar-refractivity contribution in [3.63, 3.8) is 0 Å². The molecule has 9 heteroatoms. The summed E-state index contributed by atoms with van der Waals surface area (Å²) in [6, 6.07) is 19.1. The molecule has 7 nitrogen and oxygen atoms in total. The lowest BCUT2D eigenvalue weighted by Gasteiger charge is -2.34. The average molecular weight is 482 g/mol. The summed E-state index contributed by atoms with van der Waals surface area (Å²) < 4.78 is 32.9. The van der Waals surface area contributed by atoms with Gasteiger partial charge in [-0.15, -0.1) is 0 Å². The highest BCUT2D eigenvalue weighted by Crippen LogP contribution is 2.28. The van der Waals surface area contributed by atoms with Crippen LogP contribution in [0.15, 0.2) is 82.3 Å². The van der Waals surface area contributed by atoms with Crippen molar-refractivity contribution in [3.8, 4) is 11.5 Å². The van der Waals surface area contributed by atoms with Crippen LogP contribution in [0.2, 0.25) is 5.02 Å². The SMILES string of the molecule is O=C(c1cc(-c2ccco2)nc2ccccc12)N1CCN(S(=O)(=O)c2ccccc2Cl)CC1. The van der Waals surface area contributed by atoms with Gasteiger partial charge in [-0.25, -0.2) is 13.4 Å². The summed E-state index contributed by atoms with van der Waals surface area (Å²) in [4.78, 5) is 19.9. The summed E-state index contributed by atoms with van der Waals surface area (Å²) in [6.45, 7) is 0.922. The number of benzene rings is 2. The second-order valence-corrected chi connectivity index (χ2v) is 9.99. The standard InChI is InChI=1S/C24H20ClN3O4S/c25-19-7-2-4-10-23(19)33(30,31)28-13-11-27(12-14-28)24(29)18-16-21(22-9-5-15-32-22)26-20-8-3-1-6-17(18)20/h1-10,15-16H,11-14H2. The fourth-order valence-electron chi connectivity index (χ4n) is 4.00. The van der Waals surface area contributed by atoms with Crippen LogP contribution in [0.4, 0.5) is 0 Å². The van der Waals surface area contributed by atoms with Crippen LogP contribution in [0.3, 0.4) is 0 Å². The number of aromatic nitrogens is 1. The van der Waals surface area contributed by atoms with Crippen LogP contribution in [0.25, 0.3) is 22.4 Å². The number of hydrogen-bond donors (Lipinski definition) is 0. The highest BCUT2D eigenvalue weighted by molar-refractivity contribution is 7.89. The Kier molecular flexibility index (Phi) is 5.65. The third kappa shape index (κ3) is 4.01. The van der Waals surface area contributed by atoms with Crippen LogP contribution < -0.4 is 0 Å². The molecule has 0 radical (unpaired) electrons. The van der Waals surface area contributed by atoms with E-state index in [1.54, 1.807) is 47.6 Å². The van der Waals surface area contributed by atoms with E-state index in [4.69, 9.17) is 16.0 Å². The van der Waals surface area contributed by atoms with E-state index in [0.29, 0.717) is 22.5 Å². The molecule has 4 aromatic rings. The van der Waals surface area contributed by atoms with E-state index in [-0.39, 0.29) is 42.0 Å². The van der Waals surface area contributed by atoms with Gasteiger partial charge in [0.15, 0.2) is 5.76 Å². The quantitative estimate of drug-likeness (QED) is 0.434. The number of piperazine rings is 1. The second-order valence-electron chi connectivity index (χ2n) is 7.68. The molecule has 1 amide bonds. The van der Waals surface area contributed by atoms with Crippen molar-refractivity contribution in [1.82, 2.24) is 14.2 Å². The molecule has 0 N–H and O–H groups in total. The van der Waals surface area contributed by atoms with E-state index in [1.807, 2.05) is 24.3 Å². The van der Waals surface area contributed by atoms with Gasteiger partial charge < -0.3 is 9.32 Å². The second kappa shape index (κ2) is 8.62. The maximum Gasteiger partial charge on any atom is 0.254 e. The van der Waals surface area contributed by atoms with Crippen molar-refractivity contribution in [2.75, 3.05) is 26.2 Å². The number of carbonyl (C=O) groups is 1. The number of halogens is 1. The van der Waals surface area contributed by atoms with E-state index < -0.39 is 10.0 Å². The monoisotopic (exact) mass is 481 g/mol. The number of carbonyl (C=O) groups excluding carboxylic acids is 1. The molecule has 1 saturated heterocycles. The molecule has 168 valence electrons.